The first-order valence-electron chi connectivity index (χ1n) is 7.51. The summed E-state index contributed by atoms with van der Waals surface area (Å²) in [5.74, 6) is -4.19. The lowest BCUT2D eigenvalue weighted by molar-refractivity contribution is 0.0778. The van der Waals surface area contributed by atoms with Crippen molar-refractivity contribution < 1.29 is 32.2 Å². The van der Waals surface area contributed by atoms with E-state index in [9.17, 15) is 18.0 Å². The molecule has 8 heteroatoms. The molecule has 0 bridgehead atoms. The van der Waals surface area contributed by atoms with Gasteiger partial charge in [0.2, 0.25) is 5.75 Å². The number of hydrogen-bond acceptors (Lipinski definition) is 4. The highest BCUT2D eigenvalue weighted by atomic mass is 19.2. The van der Waals surface area contributed by atoms with Gasteiger partial charge in [-0.25, -0.2) is 13.2 Å². The number of methoxy groups -OCH3 is 3. The normalized spacial score (nSPS) is 10.4. The van der Waals surface area contributed by atoms with Gasteiger partial charge in [0.05, 0.1) is 26.9 Å². The molecule has 1 amide bonds. The van der Waals surface area contributed by atoms with Gasteiger partial charge in [-0.2, -0.15) is 0 Å². The number of rotatable bonds is 6. The van der Waals surface area contributed by atoms with E-state index in [4.69, 9.17) is 14.2 Å². The van der Waals surface area contributed by atoms with Crippen LogP contribution in [0.2, 0.25) is 0 Å². The van der Waals surface area contributed by atoms with Crippen molar-refractivity contribution in [1.29, 1.82) is 0 Å². The van der Waals surface area contributed by atoms with Crippen LogP contribution in [0.15, 0.2) is 24.3 Å². The number of carbonyl (C=O) groups is 1. The molecule has 0 atom stereocenters. The average Bonchev–Trinajstić information content (AvgIpc) is 2.64. The van der Waals surface area contributed by atoms with Crippen molar-refractivity contribution in [2.45, 2.75) is 6.54 Å². The third-order valence-corrected chi connectivity index (χ3v) is 3.76. The zero-order chi connectivity index (χ0) is 19.4. The van der Waals surface area contributed by atoms with Crippen molar-refractivity contribution in [3.05, 3.63) is 52.8 Å². The van der Waals surface area contributed by atoms with Crippen LogP contribution in [0.3, 0.4) is 0 Å². The number of amides is 1. The molecule has 0 saturated heterocycles. The van der Waals surface area contributed by atoms with E-state index >= 15 is 0 Å². The average molecular weight is 369 g/mol. The predicted octanol–water partition coefficient (Wildman–Crippen LogP) is 3.40. The van der Waals surface area contributed by atoms with Crippen LogP contribution < -0.4 is 14.2 Å². The van der Waals surface area contributed by atoms with Crippen LogP contribution in [-0.4, -0.2) is 39.2 Å². The largest absolute Gasteiger partial charge is 0.493 e. The van der Waals surface area contributed by atoms with Gasteiger partial charge in [0.1, 0.15) is 0 Å². The number of benzene rings is 2. The van der Waals surface area contributed by atoms with Crippen LogP contribution in [0.5, 0.6) is 17.2 Å². The standard InChI is InChI=1S/C18H18F3NO4/c1-22(18(23)11-5-6-12(19)16(21)15(11)20)9-10-7-13(24-2)17(26-4)14(8-10)25-3/h5-8H,9H2,1-4H3. The summed E-state index contributed by atoms with van der Waals surface area (Å²) in [6, 6.07) is 4.88. The molecular formula is C18H18F3NO4. The van der Waals surface area contributed by atoms with Gasteiger partial charge in [-0.05, 0) is 29.8 Å². The molecule has 0 saturated carbocycles. The molecule has 0 spiro atoms. The number of hydrogen-bond donors (Lipinski definition) is 0. The highest BCUT2D eigenvalue weighted by Crippen LogP contribution is 2.38. The minimum Gasteiger partial charge on any atom is -0.493 e. The maximum absolute atomic E-state index is 13.8. The lowest BCUT2D eigenvalue weighted by atomic mass is 10.1. The van der Waals surface area contributed by atoms with Crippen molar-refractivity contribution in [2.75, 3.05) is 28.4 Å². The molecule has 0 aromatic heterocycles. The Bertz CT molecular complexity index is 801. The van der Waals surface area contributed by atoms with Gasteiger partial charge in [-0.1, -0.05) is 0 Å². The van der Waals surface area contributed by atoms with Gasteiger partial charge < -0.3 is 19.1 Å². The van der Waals surface area contributed by atoms with Crippen molar-refractivity contribution >= 4 is 5.91 Å². The summed E-state index contributed by atoms with van der Waals surface area (Å²) in [7, 11) is 5.77. The number of halogens is 3. The van der Waals surface area contributed by atoms with E-state index in [1.807, 2.05) is 0 Å². The first kappa shape index (κ1) is 19.4. The topological polar surface area (TPSA) is 48.0 Å². The molecule has 0 radical (unpaired) electrons. The van der Waals surface area contributed by atoms with Gasteiger partial charge in [0.15, 0.2) is 29.0 Å². The van der Waals surface area contributed by atoms with E-state index < -0.39 is 28.9 Å². The molecule has 0 unspecified atom stereocenters. The zero-order valence-electron chi connectivity index (χ0n) is 14.7. The molecule has 140 valence electrons. The van der Waals surface area contributed by atoms with Gasteiger partial charge >= 0.3 is 0 Å². The molecule has 26 heavy (non-hydrogen) atoms. The van der Waals surface area contributed by atoms with Crippen LogP contribution in [0, 0.1) is 17.5 Å². The Hall–Kier alpha value is -2.90. The van der Waals surface area contributed by atoms with E-state index in [0.29, 0.717) is 28.9 Å². The fourth-order valence-corrected chi connectivity index (χ4v) is 2.47. The zero-order valence-corrected chi connectivity index (χ0v) is 14.7. The lowest BCUT2D eigenvalue weighted by Gasteiger charge is -2.20. The van der Waals surface area contributed by atoms with Crippen molar-refractivity contribution in [3.8, 4) is 17.2 Å². The molecule has 0 heterocycles. The Labute approximate surface area is 148 Å². The summed E-state index contributed by atoms with van der Waals surface area (Å²) >= 11 is 0. The first-order valence-corrected chi connectivity index (χ1v) is 7.51. The van der Waals surface area contributed by atoms with E-state index in [1.54, 1.807) is 12.1 Å². The lowest BCUT2D eigenvalue weighted by Crippen LogP contribution is -2.27. The maximum atomic E-state index is 13.8. The van der Waals surface area contributed by atoms with Gasteiger partial charge in [0, 0.05) is 13.6 Å². The third kappa shape index (κ3) is 3.68. The molecule has 2 aromatic carbocycles. The smallest absolute Gasteiger partial charge is 0.256 e. The van der Waals surface area contributed by atoms with Crippen LogP contribution in [0.1, 0.15) is 15.9 Å². The molecule has 2 aromatic rings. The van der Waals surface area contributed by atoms with E-state index in [0.717, 1.165) is 11.0 Å². The van der Waals surface area contributed by atoms with Crippen molar-refractivity contribution in [2.24, 2.45) is 0 Å². The summed E-state index contributed by atoms with van der Waals surface area (Å²) in [6.07, 6.45) is 0. The Balaban J connectivity index is 2.31. The quantitative estimate of drug-likeness (QED) is 0.733. The number of nitrogens with zero attached hydrogens (tertiary/aromatic N) is 1. The summed E-state index contributed by atoms with van der Waals surface area (Å²) in [4.78, 5) is 13.5. The monoisotopic (exact) mass is 369 g/mol. The second-order valence-corrected chi connectivity index (χ2v) is 5.42. The molecule has 0 fully saturated rings. The Morgan fingerprint density at radius 1 is 0.962 bits per heavy atom. The second kappa shape index (κ2) is 7.99. The van der Waals surface area contributed by atoms with Crippen LogP contribution in [0.4, 0.5) is 13.2 Å². The molecule has 0 aliphatic rings. The minimum atomic E-state index is -1.68. The molecule has 0 aliphatic heterocycles. The van der Waals surface area contributed by atoms with Crippen LogP contribution >= 0.6 is 0 Å². The fraction of sp³-hybridized carbons (Fsp3) is 0.278. The molecular weight excluding hydrogens is 351 g/mol. The number of ether oxygens (including phenoxy) is 3. The second-order valence-electron chi connectivity index (χ2n) is 5.42. The fourth-order valence-electron chi connectivity index (χ4n) is 2.47. The van der Waals surface area contributed by atoms with Crippen LogP contribution in [0.25, 0.3) is 0 Å². The third-order valence-electron chi connectivity index (χ3n) is 3.76. The minimum absolute atomic E-state index is 0.0496. The van der Waals surface area contributed by atoms with Gasteiger partial charge in [-0.15, -0.1) is 0 Å². The maximum Gasteiger partial charge on any atom is 0.256 e. The van der Waals surface area contributed by atoms with Gasteiger partial charge in [0.25, 0.3) is 5.91 Å². The number of carbonyl (C=O) groups excluding carboxylic acids is 1. The highest BCUT2D eigenvalue weighted by Gasteiger charge is 2.22. The summed E-state index contributed by atoms with van der Waals surface area (Å²) < 4.78 is 55.9. The summed E-state index contributed by atoms with van der Waals surface area (Å²) in [6.45, 7) is 0.0496. The van der Waals surface area contributed by atoms with E-state index in [2.05, 4.69) is 0 Å². The Morgan fingerprint density at radius 2 is 1.54 bits per heavy atom. The van der Waals surface area contributed by atoms with Crippen LogP contribution in [-0.2, 0) is 6.54 Å². The predicted molar refractivity (Wildman–Crippen MR) is 88.2 cm³/mol. The molecule has 0 N–H and O–H groups in total. The van der Waals surface area contributed by atoms with Crippen molar-refractivity contribution in [3.63, 3.8) is 0 Å². The molecule has 2 rings (SSSR count). The highest BCUT2D eigenvalue weighted by molar-refractivity contribution is 5.94. The van der Waals surface area contributed by atoms with Gasteiger partial charge in [-0.3, -0.25) is 4.79 Å². The van der Waals surface area contributed by atoms with E-state index in [1.165, 1.54) is 28.4 Å². The van der Waals surface area contributed by atoms with Crippen molar-refractivity contribution in [1.82, 2.24) is 4.90 Å². The Kier molecular flexibility index (Phi) is 5.97. The molecule has 5 nitrogen and oxygen atoms in total. The SMILES string of the molecule is COc1cc(CN(C)C(=O)c2ccc(F)c(F)c2F)cc(OC)c1OC. The Morgan fingerprint density at radius 3 is 2.04 bits per heavy atom. The molecule has 0 aliphatic carbocycles. The summed E-state index contributed by atoms with van der Waals surface area (Å²) in [5, 5.41) is 0. The summed E-state index contributed by atoms with van der Waals surface area (Å²) in [5.41, 5.74) is 0.0529. The van der Waals surface area contributed by atoms with E-state index in [-0.39, 0.29) is 6.54 Å². The first-order chi connectivity index (χ1) is 12.3.